The van der Waals surface area contributed by atoms with Crippen molar-refractivity contribution in [1.82, 2.24) is 5.32 Å². The van der Waals surface area contributed by atoms with Crippen molar-refractivity contribution in [3.63, 3.8) is 0 Å². The second kappa shape index (κ2) is 9.12. The quantitative estimate of drug-likeness (QED) is 0.676. The number of unbranched alkanes of at least 4 members (excludes halogenated alkanes) is 1. The maximum atomic E-state index is 5.68. The van der Waals surface area contributed by atoms with Crippen LogP contribution in [0.2, 0.25) is 0 Å². The Morgan fingerprint density at radius 1 is 1.22 bits per heavy atom. The molecule has 0 heterocycles. The number of likely N-dealkylation sites (N-methyl/N-ethyl adjacent to an activating group) is 1. The Labute approximate surface area is 112 Å². The predicted molar refractivity (Wildman–Crippen MR) is 78.2 cm³/mol. The molecule has 0 amide bonds. The molecule has 0 saturated heterocycles. The van der Waals surface area contributed by atoms with Gasteiger partial charge in [-0.2, -0.15) is 0 Å². The van der Waals surface area contributed by atoms with Gasteiger partial charge in [-0.25, -0.2) is 0 Å². The fraction of sp³-hybridized carbons (Fsp3) is 0.625. The van der Waals surface area contributed by atoms with E-state index < -0.39 is 0 Å². The Hall–Kier alpha value is -0.860. The van der Waals surface area contributed by atoms with Gasteiger partial charge in [-0.15, -0.1) is 0 Å². The minimum Gasteiger partial charge on any atom is -0.381 e. The van der Waals surface area contributed by atoms with Crippen molar-refractivity contribution in [2.45, 2.75) is 39.0 Å². The van der Waals surface area contributed by atoms with Gasteiger partial charge >= 0.3 is 0 Å². The van der Waals surface area contributed by atoms with Crippen LogP contribution in [0.5, 0.6) is 0 Å². The average Bonchev–Trinajstić information content (AvgIpc) is 2.38. The van der Waals surface area contributed by atoms with Gasteiger partial charge < -0.3 is 10.1 Å². The van der Waals surface area contributed by atoms with Crippen LogP contribution in [0.1, 0.15) is 43.2 Å². The third-order valence-electron chi connectivity index (χ3n) is 3.33. The van der Waals surface area contributed by atoms with Crippen molar-refractivity contribution in [3.8, 4) is 0 Å². The molecule has 1 rings (SSSR count). The van der Waals surface area contributed by atoms with Crippen molar-refractivity contribution in [2.24, 2.45) is 0 Å². The van der Waals surface area contributed by atoms with Crippen LogP contribution in [0.3, 0.4) is 0 Å². The van der Waals surface area contributed by atoms with Crippen molar-refractivity contribution in [3.05, 3.63) is 35.4 Å². The summed E-state index contributed by atoms with van der Waals surface area (Å²) in [6.45, 7) is 7.16. The van der Waals surface area contributed by atoms with E-state index in [9.17, 15) is 0 Å². The fourth-order valence-corrected chi connectivity index (χ4v) is 2.23. The standard InChI is InChI=1S/C16H27NO/c1-4-5-11-18-12-10-15(13-17-3)16-9-7-6-8-14(16)2/h6-9,15,17H,4-5,10-13H2,1-3H3. The van der Waals surface area contributed by atoms with Gasteiger partial charge in [0.25, 0.3) is 0 Å². The predicted octanol–water partition coefficient (Wildman–Crippen LogP) is 3.50. The second-order valence-corrected chi connectivity index (χ2v) is 4.87. The number of hydrogen-bond acceptors (Lipinski definition) is 2. The van der Waals surface area contributed by atoms with E-state index in [4.69, 9.17) is 4.74 Å². The van der Waals surface area contributed by atoms with E-state index in [0.717, 1.165) is 26.2 Å². The number of nitrogens with one attached hydrogen (secondary N) is 1. The molecule has 0 aliphatic carbocycles. The Morgan fingerprint density at radius 2 is 2.00 bits per heavy atom. The zero-order valence-electron chi connectivity index (χ0n) is 12.0. The first kappa shape index (κ1) is 15.2. The molecule has 2 nitrogen and oxygen atoms in total. The molecular weight excluding hydrogens is 222 g/mol. The lowest BCUT2D eigenvalue weighted by molar-refractivity contribution is 0.124. The molecule has 0 aliphatic heterocycles. The summed E-state index contributed by atoms with van der Waals surface area (Å²) in [5.74, 6) is 0.554. The van der Waals surface area contributed by atoms with Gasteiger partial charge in [0.2, 0.25) is 0 Å². The maximum absolute atomic E-state index is 5.68. The molecule has 102 valence electrons. The van der Waals surface area contributed by atoms with Crippen LogP contribution in [-0.4, -0.2) is 26.8 Å². The minimum atomic E-state index is 0.554. The molecule has 0 spiro atoms. The highest BCUT2D eigenvalue weighted by Gasteiger charge is 2.12. The monoisotopic (exact) mass is 249 g/mol. The highest BCUT2D eigenvalue weighted by molar-refractivity contribution is 5.29. The summed E-state index contributed by atoms with van der Waals surface area (Å²) in [4.78, 5) is 0. The molecule has 0 fully saturated rings. The smallest absolute Gasteiger partial charge is 0.0472 e. The normalized spacial score (nSPS) is 12.6. The summed E-state index contributed by atoms with van der Waals surface area (Å²) in [5, 5.41) is 3.29. The van der Waals surface area contributed by atoms with E-state index in [0.29, 0.717) is 5.92 Å². The Bertz CT molecular complexity index is 325. The minimum absolute atomic E-state index is 0.554. The van der Waals surface area contributed by atoms with Crippen LogP contribution in [0, 0.1) is 6.92 Å². The Morgan fingerprint density at radius 3 is 2.67 bits per heavy atom. The zero-order valence-corrected chi connectivity index (χ0v) is 12.0. The van der Waals surface area contributed by atoms with Gasteiger partial charge in [0, 0.05) is 19.8 Å². The van der Waals surface area contributed by atoms with E-state index in [1.807, 2.05) is 7.05 Å². The summed E-state index contributed by atoms with van der Waals surface area (Å²) < 4.78 is 5.68. The highest BCUT2D eigenvalue weighted by atomic mass is 16.5. The van der Waals surface area contributed by atoms with Crippen LogP contribution in [0.15, 0.2) is 24.3 Å². The van der Waals surface area contributed by atoms with Crippen LogP contribution >= 0.6 is 0 Å². The molecule has 2 heteroatoms. The molecule has 1 aromatic rings. The van der Waals surface area contributed by atoms with E-state index in [1.54, 1.807) is 0 Å². The van der Waals surface area contributed by atoms with Gasteiger partial charge in [-0.05, 0) is 43.9 Å². The lowest BCUT2D eigenvalue weighted by Gasteiger charge is -2.19. The molecule has 18 heavy (non-hydrogen) atoms. The topological polar surface area (TPSA) is 21.3 Å². The molecular formula is C16H27NO. The summed E-state index contributed by atoms with van der Waals surface area (Å²) in [7, 11) is 2.02. The van der Waals surface area contributed by atoms with E-state index in [1.165, 1.54) is 24.0 Å². The summed E-state index contributed by atoms with van der Waals surface area (Å²) in [6.07, 6.45) is 3.47. The molecule has 0 aliphatic rings. The number of aryl methyl sites for hydroxylation is 1. The average molecular weight is 249 g/mol. The molecule has 0 bridgehead atoms. The lowest BCUT2D eigenvalue weighted by atomic mass is 9.92. The highest BCUT2D eigenvalue weighted by Crippen LogP contribution is 2.22. The van der Waals surface area contributed by atoms with Gasteiger partial charge in [0.05, 0.1) is 0 Å². The summed E-state index contributed by atoms with van der Waals surface area (Å²) in [6, 6.07) is 8.66. The van der Waals surface area contributed by atoms with Crippen LogP contribution in [0.25, 0.3) is 0 Å². The number of rotatable bonds is 9. The third kappa shape index (κ3) is 5.19. The SMILES string of the molecule is CCCCOCCC(CNC)c1ccccc1C. The van der Waals surface area contributed by atoms with Gasteiger partial charge in [0.1, 0.15) is 0 Å². The van der Waals surface area contributed by atoms with Gasteiger partial charge in [-0.1, -0.05) is 37.6 Å². The van der Waals surface area contributed by atoms with Crippen molar-refractivity contribution in [2.75, 3.05) is 26.8 Å². The third-order valence-corrected chi connectivity index (χ3v) is 3.33. The van der Waals surface area contributed by atoms with E-state index >= 15 is 0 Å². The molecule has 1 N–H and O–H groups in total. The molecule has 0 radical (unpaired) electrons. The molecule has 1 unspecified atom stereocenters. The number of hydrogen-bond donors (Lipinski definition) is 1. The number of ether oxygens (including phenoxy) is 1. The first-order valence-corrected chi connectivity index (χ1v) is 7.07. The number of benzene rings is 1. The van der Waals surface area contributed by atoms with Crippen LogP contribution < -0.4 is 5.32 Å². The second-order valence-electron chi connectivity index (χ2n) is 4.87. The van der Waals surface area contributed by atoms with Crippen molar-refractivity contribution in [1.29, 1.82) is 0 Å². The van der Waals surface area contributed by atoms with E-state index in [2.05, 4.69) is 43.4 Å². The van der Waals surface area contributed by atoms with Crippen LogP contribution in [-0.2, 0) is 4.74 Å². The molecule has 1 atom stereocenters. The first-order chi connectivity index (χ1) is 8.79. The summed E-state index contributed by atoms with van der Waals surface area (Å²) in [5.41, 5.74) is 2.83. The van der Waals surface area contributed by atoms with Gasteiger partial charge in [-0.3, -0.25) is 0 Å². The first-order valence-electron chi connectivity index (χ1n) is 7.07. The Balaban J connectivity index is 2.47. The van der Waals surface area contributed by atoms with E-state index in [-0.39, 0.29) is 0 Å². The van der Waals surface area contributed by atoms with Gasteiger partial charge in [0.15, 0.2) is 0 Å². The summed E-state index contributed by atoms with van der Waals surface area (Å²) >= 11 is 0. The maximum Gasteiger partial charge on any atom is 0.0472 e. The molecule has 0 saturated carbocycles. The Kier molecular flexibility index (Phi) is 7.70. The van der Waals surface area contributed by atoms with Crippen molar-refractivity contribution >= 4 is 0 Å². The van der Waals surface area contributed by atoms with Crippen molar-refractivity contribution < 1.29 is 4.74 Å². The molecule has 0 aromatic heterocycles. The van der Waals surface area contributed by atoms with Crippen LogP contribution in [0.4, 0.5) is 0 Å². The zero-order chi connectivity index (χ0) is 13.2. The lowest BCUT2D eigenvalue weighted by Crippen LogP contribution is -2.19. The molecule has 1 aromatic carbocycles. The largest absolute Gasteiger partial charge is 0.381 e. The fourth-order valence-electron chi connectivity index (χ4n) is 2.23.